The van der Waals surface area contributed by atoms with Gasteiger partial charge in [-0.3, -0.25) is 9.69 Å². The van der Waals surface area contributed by atoms with E-state index < -0.39 is 5.41 Å². The number of carbonyl (C=O) groups excluding carboxylic acids is 1. The van der Waals surface area contributed by atoms with Crippen LogP contribution < -0.4 is 9.64 Å². The fourth-order valence-electron chi connectivity index (χ4n) is 5.45. The van der Waals surface area contributed by atoms with Gasteiger partial charge in [-0.2, -0.15) is 0 Å². The molecule has 182 valence electrons. The third kappa shape index (κ3) is 3.27. The zero-order chi connectivity index (χ0) is 25.8. The number of phenols is 2. The predicted molar refractivity (Wildman–Crippen MR) is 142 cm³/mol. The molecule has 4 aromatic rings. The summed E-state index contributed by atoms with van der Waals surface area (Å²) in [5.41, 5.74) is 5.45. The van der Waals surface area contributed by atoms with Crippen LogP contribution in [-0.2, 0) is 10.2 Å². The molecule has 1 heterocycles. The van der Waals surface area contributed by atoms with Crippen molar-refractivity contribution in [2.75, 3.05) is 12.0 Å². The monoisotopic (exact) mass is 479 g/mol. The molecule has 1 amide bonds. The summed E-state index contributed by atoms with van der Waals surface area (Å²) in [6.45, 7) is 7.38. The maximum Gasteiger partial charge on any atom is 0.251 e. The first-order valence-electron chi connectivity index (χ1n) is 11.9. The number of hydrogen-bond donors (Lipinski definition) is 2. The second-order valence-electron chi connectivity index (χ2n) is 9.53. The van der Waals surface area contributed by atoms with E-state index in [-0.39, 0.29) is 17.4 Å². The molecule has 1 aliphatic heterocycles. The van der Waals surface area contributed by atoms with Crippen molar-refractivity contribution < 1.29 is 19.7 Å². The van der Waals surface area contributed by atoms with Gasteiger partial charge in [0.1, 0.15) is 22.7 Å². The van der Waals surface area contributed by atoms with Crippen molar-refractivity contribution in [2.24, 2.45) is 0 Å². The number of amides is 1. The molecule has 0 unspecified atom stereocenters. The fraction of sp³-hybridized carbons (Fsp3) is 0.194. The number of benzene rings is 4. The number of hydrogen-bond acceptors (Lipinski definition) is 4. The number of carbonyl (C=O) groups is 1. The lowest BCUT2D eigenvalue weighted by Crippen LogP contribution is -2.40. The molecule has 0 saturated carbocycles. The molecule has 4 aromatic carbocycles. The molecule has 0 saturated heterocycles. The largest absolute Gasteiger partial charge is 0.507 e. The normalized spacial score (nSPS) is 14.1. The number of fused-ring (bicyclic) bond motifs is 1. The van der Waals surface area contributed by atoms with Crippen LogP contribution in [0, 0.1) is 27.7 Å². The van der Waals surface area contributed by atoms with Gasteiger partial charge in [0.2, 0.25) is 0 Å². The third-order valence-electron chi connectivity index (χ3n) is 7.23. The number of nitrogens with zero attached hydrogens (tertiary/aromatic N) is 1. The van der Waals surface area contributed by atoms with E-state index in [2.05, 4.69) is 0 Å². The number of phenolic OH excluding ortho intramolecular Hbond substituents is 2. The molecule has 0 radical (unpaired) electrons. The van der Waals surface area contributed by atoms with Gasteiger partial charge in [0.25, 0.3) is 5.91 Å². The number of methoxy groups -OCH3 is 1. The average molecular weight is 480 g/mol. The van der Waals surface area contributed by atoms with Crippen LogP contribution in [-0.4, -0.2) is 23.2 Å². The summed E-state index contributed by atoms with van der Waals surface area (Å²) >= 11 is 0. The Kier molecular flexibility index (Phi) is 5.51. The number of aryl methyl sites for hydroxylation is 4. The Morgan fingerprint density at radius 3 is 1.78 bits per heavy atom. The molecule has 5 heteroatoms. The molecule has 0 bridgehead atoms. The lowest BCUT2D eigenvalue weighted by Gasteiger charge is -2.32. The Hall–Kier alpha value is -4.25. The van der Waals surface area contributed by atoms with Gasteiger partial charge in [0.15, 0.2) is 0 Å². The number of ether oxygens (including phenoxy) is 1. The Morgan fingerprint density at radius 2 is 1.25 bits per heavy atom. The van der Waals surface area contributed by atoms with E-state index in [1.165, 1.54) is 0 Å². The van der Waals surface area contributed by atoms with Gasteiger partial charge < -0.3 is 14.9 Å². The maximum atomic E-state index is 14.9. The fourth-order valence-corrected chi connectivity index (χ4v) is 5.45. The van der Waals surface area contributed by atoms with E-state index in [0.29, 0.717) is 33.7 Å². The number of aromatic hydroxyl groups is 2. The number of rotatable bonds is 4. The van der Waals surface area contributed by atoms with Crippen molar-refractivity contribution in [1.82, 2.24) is 0 Å². The molecule has 0 spiro atoms. The minimum absolute atomic E-state index is 0.133. The molecular formula is C31H29NO4. The van der Waals surface area contributed by atoms with Gasteiger partial charge in [-0.15, -0.1) is 0 Å². The Bertz CT molecular complexity index is 1420. The van der Waals surface area contributed by atoms with Crippen LogP contribution in [0.2, 0.25) is 0 Å². The van der Waals surface area contributed by atoms with Crippen molar-refractivity contribution in [2.45, 2.75) is 33.1 Å². The number of para-hydroxylation sites is 1. The smallest absolute Gasteiger partial charge is 0.251 e. The van der Waals surface area contributed by atoms with Crippen LogP contribution >= 0.6 is 0 Å². The van der Waals surface area contributed by atoms with E-state index in [9.17, 15) is 15.0 Å². The van der Waals surface area contributed by atoms with E-state index in [4.69, 9.17) is 4.74 Å². The summed E-state index contributed by atoms with van der Waals surface area (Å²) in [5, 5.41) is 21.1. The lowest BCUT2D eigenvalue weighted by molar-refractivity contribution is -0.120. The van der Waals surface area contributed by atoms with E-state index >= 15 is 0 Å². The standard InChI is InChI=1S/C31H29NO4/c1-18-13-22(14-19(2)28(18)33)31(23-15-20(3)29(34)21(4)16-23)26-11-6-7-12-27(26)32(30(31)35)24-9-8-10-25(17-24)36-5/h6-17,33-34H,1-5H3. The van der Waals surface area contributed by atoms with E-state index in [0.717, 1.165) is 22.4 Å². The predicted octanol–water partition coefficient (Wildman–Crippen LogP) is 6.35. The molecule has 2 N–H and O–H groups in total. The minimum Gasteiger partial charge on any atom is -0.507 e. The van der Waals surface area contributed by atoms with E-state index in [1.54, 1.807) is 12.0 Å². The van der Waals surface area contributed by atoms with Crippen molar-refractivity contribution in [1.29, 1.82) is 0 Å². The average Bonchev–Trinajstić information content (AvgIpc) is 3.14. The molecule has 0 aliphatic carbocycles. The Balaban J connectivity index is 1.91. The first-order chi connectivity index (χ1) is 17.2. The topological polar surface area (TPSA) is 70.0 Å². The minimum atomic E-state index is -1.19. The van der Waals surface area contributed by atoms with Crippen LogP contribution in [0.5, 0.6) is 17.2 Å². The van der Waals surface area contributed by atoms with E-state index in [1.807, 2.05) is 100 Å². The summed E-state index contributed by atoms with van der Waals surface area (Å²) in [6.07, 6.45) is 0. The van der Waals surface area contributed by atoms with Crippen molar-refractivity contribution in [3.63, 3.8) is 0 Å². The van der Waals surface area contributed by atoms with Crippen molar-refractivity contribution in [3.8, 4) is 17.2 Å². The number of anilines is 2. The SMILES string of the molecule is COc1cccc(N2C(=O)C(c3cc(C)c(O)c(C)c3)(c3cc(C)c(O)c(C)c3)c3ccccc32)c1. The van der Waals surface area contributed by atoms with Crippen LogP contribution in [0.3, 0.4) is 0 Å². The molecule has 0 atom stereocenters. The molecule has 0 aromatic heterocycles. The molecule has 5 nitrogen and oxygen atoms in total. The summed E-state index contributed by atoms with van der Waals surface area (Å²) < 4.78 is 5.45. The van der Waals surface area contributed by atoms with Gasteiger partial charge >= 0.3 is 0 Å². The highest BCUT2D eigenvalue weighted by molar-refractivity contribution is 6.17. The van der Waals surface area contributed by atoms with Gasteiger partial charge in [0.05, 0.1) is 18.5 Å². The molecule has 36 heavy (non-hydrogen) atoms. The highest BCUT2D eigenvalue weighted by atomic mass is 16.5. The Morgan fingerprint density at radius 1 is 0.722 bits per heavy atom. The van der Waals surface area contributed by atoms with Crippen molar-refractivity contribution >= 4 is 17.3 Å². The van der Waals surface area contributed by atoms with Crippen LogP contribution in [0.1, 0.15) is 38.9 Å². The first-order valence-corrected chi connectivity index (χ1v) is 11.9. The summed E-state index contributed by atoms with van der Waals surface area (Å²) in [7, 11) is 1.60. The van der Waals surface area contributed by atoms with Crippen LogP contribution in [0.25, 0.3) is 0 Å². The van der Waals surface area contributed by atoms with Gasteiger partial charge in [-0.25, -0.2) is 0 Å². The zero-order valence-corrected chi connectivity index (χ0v) is 21.1. The Labute approximate surface area is 211 Å². The summed E-state index contributed by atoms with van der Waals surface area (Å²) in [6, 6.07) is 22.8. The third-order valence-corrected chi connectivity index (χ3v) is 7.23. The van der Waals surface area contributed by atoms with Gasteiger partial charge in [0, 0.05) is 11.6 Å². The van der Waals surface area contributed by atoms with Crippen LogP contribution in [0.4, 0.5) is 11.4 Å². The summed E-state index contributed by atoms with van der Waals surface area (Å²) in [5.74, 6) is 0.958. The molecule has 1 aliphatic rings. The van der Waals surface area contributed by atoms with Crippen molar-refractivity contribution in [3.05, 3.63) is 112 Å². The molecular weight excluding hydrogens is 450 g/mol. The van der Waals surface area contributed by atoms with Crippen LogP contribution in [0.15, 0.2) is 72.8 Å². The quantitative estimate of drug-likeness (QED) is 0.358. The first kappa shape index (κ1) is 23.5. The second-order valence-corrected chi connectivity index (χ2v) is 9.53. The van der Waals surface area contributed by atoms with Gasteiger partial charge in [-0.05, 0) is 79.3 Å². The highest BCUT2D eigenvalue weighted by Crippen LogP contribution is 2.54. The molecule has 5 rings (SSSR count). The highest BCUT2D eigenvalue weighted by Gasteiger charge is 2.54. The maximum absolute atomic E-state index is 14.9. The second kappa shape index (κ2) is 8.45. The zero-order valence-electron chi connectivity index (χ0n) is 21.1. The molecule has 0 fully saturated rings. The van der Waals surface area contributed by atoms with Gasteiger partial charge in [-0.1, -0.05) is 48.5 Å². The lowest BCUT2D eigenvalue weighted by atomic mass is 9.69. The summed E-state index contributed by atoms with van der Waals surface area (Å²) in [4.78, 5) is 16.6.